The summed E-state index contributed by atoms with van der Waals surface area (Å²) in [6, 6.07) is 7.92. The van der Waals surface area contributed by atoms with Crippen LogP contribution < -0.4 is 15.4 Å². The predicted molar refractivity (Wildman–Crippen MR) is 86.1 cm³/mol. The molecule has 0 bridgehead atoms. The summed E-state index contributed by atoms with van der Waals surface area (Å²) in [6.45, 7) is 2.37. The molecule has 1 aliphatic rings. The normalized spacial score (nSPS) is 14.9. The van der Waals surface area contributed by atoms with Crippen molar-refractivity contribution in [2.75, 3.05) is 39.2 Å². The van der Waals surface area contributed by atoms with E-state index in [4.69, 9.17) is 9.47 Å². The fourth-order valence-corrected chi connectivity index (χ4v) is 1.94. The number of rotatable bonds is 8. The largest absolute Gasteiger partial charge is 0.493 e. The van der Waals surface area contributed by atoms with Crippen molar-refractivity contribution < 1.29 is 9.47 Å². The number of hydrogen-bond acceptors (Lipinski definition) is 3. The van der Waals surface area contributed by atoms with Crippen LogP contribution in [0.15, 0.2) is 29.3 Å². The second kappa shape index (κ2) is 8.52. The quantitative estimate of drug-likeness (QED) is 0.439. The minimum Gasteiger partial charge on any atom is -0.493 e. The zero-order valence-corrected chi connectivity index (χ0v) is 12.9. The van der Waals surface area contributed by atoms with Crippen LogP contribution in [0.4, 0.5) is 5.69 Å². The highest BCUT2D eigenvalue weighted by Gasteiger charge is 2.21. The van der Waals surface area contributed by atoms with Crippen molar-refractivity contribution in [2.45, 2.75) is 19.3 Å². The minimum atomic E-state index is 0.659. The first-order chi connectivity index (χ1) is 10.3. The first-order valence-electron chi connectivity index (χ1n) is 7.51. The number of ether oxygens (including phenoxy) is 2. The standard InChI is InChI=1S/C16H25N3O2/c1-17-16(18-12-13-7-8-13)19-14-5-3-6-15(11-14)21-10-4-9-20-2/h3,5-6,11,13H,4,7-10,12H2,1-2H3,(H2,17,18,19). The Morgan fingerprint density at radius 3 is 2.90 bits per heavy atom. The van der Waals surface area contributed by atoms with Gasteiger partial charge in [0.2, 0.25) is 0 Å². The monoisotopic (exact) mass is 291 g/mol. The molecule has 0 atom stereocenters. The van der Waals surface area contributed by atoms with Gasteiger partial charge in [0, 0.05) is 45.5 Å². The summed E-state index contributed by atoms with van der Waals surface area (Å²) in [5.74, 6) is 2.48. The van der Waals surface area contributed by atoms with Crippen LogP contribution in [0, 0.1) is 5.92 Å². The number of methoxy groups -OCH3 is 1. The van der Waals surface area contributed by atoms with Crippen LogP contribution in [-0.4, -0.2) is 39.9 Å². The lowest BCUT2D eigenvalue weighted by Crippen LogP contribution is -2.32. The first kappa shape index (κ1) is 15.6. The summed E-state index contributed by atoms with van der Waals surface area (Å²) in [4.78, 5) is 4.24. The molecule has 1 aromatic rings. The van der Waals surface area contributed by atoms with E-state index in [0.29, 0.717) is 6.61 Å². The lowest BCUT2D eigenvalue weighted by atomic mass is 10.3. The topological polar surface area (TPSA) is 54.9 Å². The van der Waals surface area contributed by atoms with E-state index in [0.717, 1.165) is 42.9 Å². The Labute approximate surface area is 126 Å². The van der Waals surface area contributed by atoms with Gasteiger partial charge in [-0.1, -0.05) is 6.07 Å². The van der Waals surface area contributed by atoms with Crippen molar-refractivity contribution in [1.29, 1.82) is 0 Å². The van der Waals surface area contributed by atoms with Crippen LogP contribution in [0.3, 0.4) is 0 Å². The Morgan fingerprint density at radius 2 is 2.19 bits per heavy atom. The zero-order valence-electron chi connectivity index (χ0n) is 12.9. The molecule has 21 heavy (non-hydrogen) atoms. The average Bonchev–Trinajstić information content (AvgIpc) is 3.33. The number of nitrogens with zero attached hydrogens (tertiary/aromatic N) is 1. The highest BCUT2D eigenvalue weighted by Crippen LogP contribution is 2.27. The van der Waals surface area contributed by atoms with Gasteiger partial charge in [-0.25, -0.2) is 0 Å². The van der Waals surface area contributed by atoms with Crippen LogP contribution in [0.5, 0.6) is 5.75 Å². The average molecular weight is 291 g/mol. The van der Waals surface area contributed by atoms with E-state index in [1.165, 1.54) is 12.8 Å². The Kier molecular flexibility index (Phi) is 6.34. The molecule has 0 radical (unpaired) electrons. The second-order valence-electron chi connectivity index (χ2n) is 5.24. The first-order valence-corrected chi connectivity index (χ1v) is 7.51. The molecule has 0 spiro atoms. The van der Waals surface area contributed by atoms with Gasteiger partial charge in [-0.2, -0.15) is 0 Å². The molecule has 2 N–H and O–H groups in total. The highest BCUT2D eigenvalue weighted by atomic mass is 16.5. The van der Waals surface area contributed by atoms with E-state index >= 15 is 0 Å². The van der Waals surface area contributed by atoms with Crippen molar-refractivity contribution in [2.24, 2.45) is 10.9 Å². The molecule has 0 aliphatic heterocycles. The van der Waals surface area contributed by atoms with Crippen molar-refractivity contribution in [3.05, 3.63) is 24.3 Å². The van der Waals surface area contributed by atoms with Crippen molar-refractivity contribution in [3.8, 4) is 5.75 Å². The highest BCUT2D eigenvalue weighted by molar-refractivity contribution is 5.93. The van der Waals surface area contributed by atoms with E-state index in [-0.39, 0.29) is 0 Å². The van der Waals surface area contributed by atoms with E-state index in [1.54, 1.807) is 14.2 Å². The summed E-state index contributed by atoms with van der Waals surface area (Å²) in [5.41, 5.74) is 0.975. The van der Waals surface area contributed by atoms with Gasteiger partial charge in [-0.3, -0.25) is 4.99 Å². The molecule has 0 unspecified atom stereocenters. The SMILES string of the molecule is CN=C(NCC1CC1)Nc1cccc(OCCCOC)c1. The van der Waals surface area contributed by atoms with Gasteiger partial charge in [0.15, 0.2) is 5.96 Å². The molecule has 2 rings (SSSR count). The van der Waals surface area contributed by atoms with Crippen molar-refractivity contribution >= 4 is 11.6 Å². The molecular formula is C16H25N3O2. The van der Waals surface area contributed by atoms with Gasteiger partial charge in [-0.15, -0.1) is 0 Å². The number of hydrogen-bond donors (Lipinski definition) is 2. The third-order valence-electron chi connectivity index (χ3n) is 3.34. The van der Waals surface area contributed by atoms with Gasteiger partial charge in [0.05, 0.1) is 6.61 Å². The maximum Gasteiger partial charge on any atom is 0.195 e. The smallest absolute Gasteiger partial charge is 0.195 e. The maximum atomic E-state index is 5.69. The predicted octanol–water partition coefficient (Wildman–Crippen LogP) is 2.50. The van der Waals surface area contributed by atoms with E-state index in [1.807, 2.05) is 24.3 Å². The third kappa shape index (κ3) is 6.04. The number of anilines is 1. The Morgan fingerprint density at radius 1 is 1.33 bits per heavy atom. The van der Waals surface area contributed by atoms with Gasteiger partial charge >= 0.3 is 0 Å². The van der Waals surface area contributed by atoms with Gasteiger partial charge in [0.1, 0.15) is 5.75 Å². The molecule has 0 saturated heterocycles. The van der Waals surface area contributed by atoms with E-state index in [2.05, 4.69) is 15.6 Å². The van der Waals surface area contributed by atoms with Crippen LogP contribution in [0.25, 0.3) is 0 Å². The van der Waals surface area contributed by atoms with Crippen LogP contribution in [0.2, 0.25) is 0 Å². The Bertz CT molecular complexity index is 459. The molecule has 1 fully saturated rings. The fourth-order valence-electron chi connectivity index (χ4n) is 1.94. The van der Waals surface area contributed by atoms with E-state index < -0.39 is 0 Å². The minimum absolute atomic E-state index is 0.659. The fraction of sp³-hybridized carbons (Fsp3) is 0.562. The lowest BCUT2D eigenvalue weighted by molar-refractivity contribution is 0.172. The second-order valence-corrected chi connectivity index (χ2v) is 5.24. The summed E-state index contributed by atoms with van der Waals surface area (Å²) >= 11 is 0. The molecular weight excluding hydrogens is 266 g/mol. The molecule has 0 heterocycles. The number of aliphatic imine (C=N–C) groups is 1. The van der Waals surface area contributed by atoms with E-state index in [9.17, 15) is 0 Å². The zero-order chi connectivity index (χ0) is 14.9. The van der Waals surface area contributed by atoms with Crippen molar-refractivity contribution in [3.63, 3.8) is 0 Å². The van der Waals surface area contributed by atoms with Gasteiger partial charge < -0.3 is 20.1 Å². The molecule has 0 amide bonds. The maximum absolute atomic E-state index is 5.69. The molecule has 1 aromatic carbocycles. The van der Waals surface area contributed by atoms with Crippen LogP contribution in [-0.2, 0) is 4.74 Å². The van der Waals surface area contributed by atoms with Crippen LogP contribution >= 0.6 is 0 Å². The Balaban J connectivity index is 1.80. The van der Waals surface area contributed by atoms with Gasteiger partial charge in [-0.05, 0) is 30.9 Å². The summed E-state index contributed by atoms with van der Waals surface area (Å²) in [6.07, 6.45) is 3.54. The molecule has 1 aliphatic carbocycles. The van der Waals surface area contributed by atoms with Gasteiger partial charge in [0.25, 0.3) is 0 Å². The molecule has 116 valence electrons. The molecule has 5 nitrogen and oxygen atoms in total. The number of benzene rings is 1. The van der Waals surface area contributed by atoms with Crippen molar-refractivity contribution in [1.82, 2.24) is 5.32 Å². The molecule has 5 heteroatoms. The molecule has 1 saturated carbocycles. The Hall–Kier alpha value is -1.75. The summed E-state index contributed by atoms with van der Waals surface area (Å²) in [7, 11) is 3.48. The molecule has 0 aromatic heterocycles. The lowest BCUT2D eigenvalue weighted by Gasteiger charge is -2.13. The third-order valence-corrected chi connectivity index (χ3v) is 3.34. The number of nitrogens with one attached hydrogen (secondary N) is 2. The summed E-state index contributed by atoms with van der Waals surface area (Å²) in [5, 5.41) is 6.63. The summed E-state index contributed by atoms with van der Waals surface area (Å²) < 4.78 is 10.7. The number of guanidine groups is 1. The van der Waals surface area contributed by atoms with Crippen LogP contribution in [0.1, 0.15) is 19.3 Å².